The number of carbonyl (C=O) groups excluding carboxylic acids is 14. The van der Waals surface area contributed by atoms with Crippen molar-refractivity contribution in [1.29, 1.82) is 0 Å². The van der Waals surface area contributed by atoms with Gasteiger partial charge in [-0.2, -0.15) is 0 Å². The lowest BCUT2D eigenvalue weighted by Crippen LogP contribution is -2.10. The predicted molar refractivity (Wildman–Crippen MR) is 340 cm³/mol. The lowest BCUT2D eigenvalue weighted by Gasteiger charge is -2.08. The molecule has 0 unspecified atom stereocenters. The first-order chi connectivity index (χ1) is 46.4. The lowest BCUT2D eigenvalue weighted by molar-refractivity contribution is -0.147. The molecule has 0 aliphatic carbocycles. The van der Waals surface area contributed by atoms with Crippen molar-refractivity contribution in [2.45, 2.75) is 257 Å². The van der Waals surface area contributed by atoms with Gasteiger partial charge in [-0.15, -0.1) is 0 Å². The Hall–Kier alpha value is -7.42. The van der Waals surface area contributed by atoms with Gasteiger partial charge in [-0.05, 0) is 167 Å². The Balaban J connectivity index is 3.59. The van der Waals surface area contributed by atoms with Gasteiger partial charge in [0.25, 0.3) is 0 Å². The summed E-state index contributed by atoms with van der Waals surface area (Å²) < 4.78 is 71.4. The fourth-order valence-corrected chi connectivity index (χ4v) is 8.30. The van der Waals surface area contributed by atoms with Gasteiger partial charge in [0.05, 0.1) is 93.5 Å². The molecule has 0 amide bonds. The third-order valence-corrected chi connectivity index (χ3v) is 13.9. The number of methoxy groups -OCH3 is 2. The second-order valence-corrected chi connectivity index (χ2v) is 22.5. The van der Waals surface area contributed by atoms with Crippen LogP contribution in [0.5, 0.6) is 0 Å². The molecule has 0 aromatic rings. The molecule has 550 valence electrons. The van der Waals surface area contributed by atoms with E-state index in [1.54, 1.807) is 0 Å². The number of carbonyl (C=O) groups is 14. The van der Waals surface area contributed by atoms with Crippen LogP contribution in [-0.4, -0.2) is 177 Å². The molecule has 0 saturated carbocycles. The van der Waals surface area contributed by atoms with E-state index in [9.17, 15) is 67.1 Å². The van der Waals surface area contributed by atoms with E-state index in [0.717, 1.165) is 0 Å². The van der Waals surface area contributed by atoms with Crippen LogP contribution in [0.15, 0.2) is 0 Å². The van der Waals surface area contributed by atoms with Crippen LogP contribution in [-0.2, 0) is 133 Å². The van der Waals surface area contributed by atoms with Crippen LogP contribution >= 0.6 is 0 Å². The number of ether oxygens (including phenoxy) is 14. The maximum absolute atomic E-state index is 12.1. The Kier molecular flexibility index (Phi) is 59.9. The van der Waals surface area contributed by atoms with E-state index in [0.29, 0.717) is 167 Å². The zero-order valence-corrected chi connectivity index (χ0v) is 57.2. The Labute approximate surface area is 565 Å². The Morgan fingerprint density at radius 3 is 0.302 bits per heavy atom. The van der Waals surface area contributed by atoms with Crippen molar-refractivity contribution in [2.75, 3.05) is 93.5 Å². The van der Waals surface area contributed by atoms with Crippen LogP contribution in [0.25, 0.3) is 0 Å². The molecular formula is C68H110O28. The van der Waals surface area contributed by atoms with E-state index >= 15 is 0 Å². The summed E-state index contributed by atoms with van der Waals surface area (Å²) in [7, 11) is 2.63. The summed E-state index contributed by atoms with van der Waals surface area (Å²) in [6, 6.07) is 0. The van der Waals surface area contributed by atoms with Gasteiger partial charge in [0.1, 0.15) is 0 Å². The van der Waals surface area contributed by atoms with E-state index in [1.807, 2.05) is 0 Å². The quantitative estimate of drug-likeness (QED) is 0.0310. The summed E-state index contributed by atoms with van der Waals surface area (Å²) in [5.41, 5.74) is 0. The fraction of sp³-hybridized carbons (Fsp3) is 0.794. The van der Waals surface area contributed by atoms with Gasteiger partial charge in [-0.25, -0.2) is 0 Å². The largest absolute Gasteiger partial charge is 0.469 e. The predicted octanol–water partition coefficient (Wildman–Crippen LogP) is 9.45. The van der Waals surface area contributed by atoms with Crippen LogP contribution in [0.4, 0.5) is 0 Å². The Bertz CT molecular complexity index is 2050. The van der Waals surface area contributed by atoms with E-state index in [-0.39, 0.29) is 229 Å². The van der Waals surface area contributed by atoms with Gasteiger partial charge in [0.15, 0.2) is 0 Å². The van der Waals surface area contributed by atoms with Crippen molar-refractivity contribution in [3.63, 3.8) is 0 Å². The summed E-state index contributed by atoms with van der Waals surface area (Å²) >= 11 is 0. The van der Waals surface area contributed by atoms with Crippen LogP contribution in [0, 0.1) is 0 Å². The molecule has 0 spiro atoms. The third kappa shape index (κ3) is 63.9. The van der Waals surface area contributed by atoms with Crippen molar-refractivity contribution < 1.29 is 133 Å². The van der Waals surface area contributed by atoms with E-state index in [4.69, 9.17) is 56.8 Å². The Morgan fingerprint density at radius 2 is 0.219 bits per heavy atom. The monoisotopic (exact) mass is 1370 g/mol. The molecule has 0 bridgehead atoms. The topological polar surface area (TPSA) is 368 Å². The fourth-order valence-electron chi connectivity index (χ4n) is 8.30. The lowest BCUT2D eigenvalue weighted by atomic mass is 10.2. The van der Waals surface area contributed by atoms with Crippen LogP contribution < -0.4 is 0 Å². The minimum atomic E-state index is -0.395. The van der Waals surface area contributed by atoms with E-state index in [1.165, 1.54) is 14.2 Å². The smallest absolute Gasteiger partial charge is 0.305 e. The summed E-state index contributed by atoms with van der Waals surface area (Å²) in [5, 5.41) is 0. The molecule has 0 fully saturated rings. The molecule has 0 aliphatic heterocycles. The average molecular weight is 1380 g/mol. The summed E-state index contributed by atoms with van der Waals surface area (Å²) in [6.45, 7) is 2.22. The van der Waals surface area contributed by atoms with E-state index in [2.05, 4.69) is 9.47 Å². The van der Waals surface area contributed by atoms with Gasteiger partial charge in [-0.1, -0.05) is 0 Å². The van der Waals surface area contributed by atoms with Gasteiger partial charge >= 0.3 is 83.6 Å². The van der Waals surface area contributed by atoms with Crippen molar-refractivity contribution in [3.8, 4) is 0 Å². The zero-order valence-electron chi connectivity index (χ0n) is 57.2. The first kappa shape index (κ1) is 88.6. The number of hydrogen-bond acceptors (Lipinski definition) is 28. The number of rotatable bonds is 65. The van der Waals surface area contributed by atoms with Gasteiger partial charge in [0, 0.05) is 89.9 Å². The highest BCUT2D eigenvalue weighted by Gasteiger charge is 2.14. The van der Waals surface area contributed by atoms with Crippen LogP contribution in [0.1, 0.15) is 257 Å². The summed E-state index contributed by atoms with van der Waals surface area (Å²) in [6.07, 6.45) is 15.4. The highest BCUT2D eigenvalue weighted by Crippen LogP contribution is 2.12. The molecule has 0 N–H and O–H groups in total. The van der Waals surface area contributed by atoms with Crippen molar-refractivity contribution in [1.82, 2.24) is 0 Å². The van der Waals surface area contributed by atoms with Crippen molar-refractivity contribution in [3.05, 3.63) is 0 Å². The van der Waals surface area contributed by atoms with E-state index < -0.39 is 23.9 Å². The van der Waals surface area contributed by atoms with Crippen molar-refractivity contribution >= 4 is 83.6 Å². The number of esters is 14. The highest BCUT2D eigenvalue weighted by molar-refractivity contribution is 5.74. The molecule has 0 aliphatic rings. The zero-order chi connectivity index (χ0) is 70.8. The SMILES string of the molecule is COC(=O)CCCCC(=O)OCCCCOC(=O)CCCCC(=O)OCCCCOC(=O)CCCCC(=O)OCCCCOC(=O)CCCCC(=O)OCCCCOC(=O)CCCCC(=O)OCCCCOC(=O)CCCCC(=O)OCCCCOC(=O)CCCCC(=O)OC. The maximum atomic E-state index is 12.1. The molecular weight excluding hydrogens is 1260 g/mol. The Morgan fingerprint density at radius 1 is 0.135 bits per heavy atom. The molecule has 0 atom stereocenters. The van der Waals surface area contributed by atoms with Crippen LogP contribution in [0.3, 0.4) is 0 Å². The van der Waals surface area contributed by atoms with Gasteiger partial charge in [-0.3, -0.25) is 67.1 Å². The molecule has 28 nitrogen and oxygen atoms in total. The molecule has 0 radical (unpaired) electrons. The molecule has 0 aromatic carbocycles. The average Bonchev–Trinajstić information content (AvgIpc) is 3.67. The number of unbranched alkanes of at least 4 members (excludes halogenated alkanes) is 13. The first-order valence-corrected chi connectivity index (χ1v) is 34.4. The minimum absolute atomic E-state index is 0.142. The second-order valence-electron chi connectivity index (χ2n) is 22.5. The molecule has 0 saturated heterocycles. The highest BCUT2D eigenvalue weighted by atomic mass is 16.6. The summed E-state index contributed by atoms with van der Waals surface area (Å²) in [4.78, 5) is 166. The van der Waals surface area contributed by atoms with Gasteiger partial charge in [0.2, 0.25) is 0 Å². The van der Waals surface area contributed by atoms with Crippen molar-refractivity contribution in [2.24, 2.45) is 0 Å². The minimum Gasteiger partial charge on any atom is -0.469 e. The molecule has 0 rings (SSSR count). The molecule has 28 heteroatoms. The third-order valence-electron chi connectivity index (χ3n) is 13.9. The molecule has 0 aromatic heterocycles. The number of hydrogen-bond donors (Lipinski definition) is 0. The maximum Gasteiger partial charge on any atom is 0.305 e. The van der Waals surface area contributed by atoms with Crippen LogP contribution in [0.2, 0.25) is 0 Å². The summed E-state index contributed by atoms with van der Waals surface area (Å²) in [5.74, 6) is -5.17. The molecule has 96 heavy (non-hydrogen) atoms. The van der Waals surface area contributed by atoms with Gasteiger partial charge < -0.3 is 66.3 Å². The standard InChI is InChI=1S/C68H110O28/c1-83-55(69)29-3-5-31-57(71)85-43-17-19-45-87-59(73)33-7-9-35-61(75)89-47-21-23-49-91-63(77)37-11-13-39-65(79)93-51-25-27-53-95-67(81)41-15-16-42-68(82)96-54-28-26-52-94-66(80)40-14-12-38-64(78)92-50-24-22-48-90-62(76)36-10-8-34-60(74)88-46-20-18-44-86-58(72)32-6-4-30-56(70)84-2/h3-54H2,1-2H3. The second kappa shape index (κ2) is 64.9. The first-order valence-electron chi connectivity index (χ1n) is 34.4. The normalized spacial score (nSPS) is 10.6. The molecule has 0 heterocycles.